The minimum atomic E-state index is 0.543. The Morgan fingerprint density at radius 1 is 1.00 bits per heavy atom. The summed E-state index contributed by atoms with van der Waals surface area (Å²) in [7, 11) is 1.95. The van der Waals surface area contributed by atoms with E-state index in [0.717, 1.165) is 49.2 Å². The summed E-state index contributed by atoms with van der Waals surface area (Å²) in [5.41, 5.74) is 4.97. The number of anilines is 1. The Morgan fingerprint density at radius 2 is 1.82 bits per heavy atom. The first-order chi connectivity index (χ1) is 16.2. The summed E-state index contributed by atoms with van der Waals surface area (Å²) in [4.78, 5) is 7.25. The van der Waals surface area contributed by atoms with Gasteiger partial charge >= 0.3 is 0 Å². The number of aryl methyl sites for hydroxylation is 1. The number of benzene rings is 2. The number of hydrogen-bond donors (Lipinski definition) is 1. The van der Waals surface area contributed by atoms with Gasteiger partial charge in [0.15, 0.2) is 0 Å². The van der Waals surface area contributed by atoms with Crippen LogP contribution < -0.4 is 5.32 Å². The van der Waals surface area contributed by atoms with Gasteiger partial charge in [-0.3, -0.25) is 9.58 Å². The molecule has 2 aromatic carbocycles. The molecule has 0 unspecified atom stereocenters. The molecule has 1 N–H and O–H groups in total. The van der Waals surface area contributed by atoms with Gasteiger partial charge in [0.05, 0.1) is 6.20 Å². The minimum Gasteiger partial charge on any atom is -0.344 e. The van der Waals surface area contributed by atoms with Crippen molar-refractivity contribution in [1.29, 1.82) is 0 Å². The van der Waals surface area contributed by atoms with Crippen LogP contribution in [0.2, 0.25) is 0 Å². The average Bonchev–Trinajstić information content (AvgIpc) is 3.29. The van der Waals surface area contributed by atoms with E-state index in [1.54, 1.807) is 0 Å². The van der Waals surface area contributed by atoms with Crippen LogP contribution in [0.3, 0.4) is 0 Å². The Hall–Kier alpha value is -3.44. The summed E-state index contributed by atoms with van der Waals surface area (Å²) in [5.74, 6) is 1.45. The molecule has 0 aliphatic carbocycles. The zero-order valence-corrected chi connectivity index (χ0v) is 19.4. The van der Waals surface area contributed by atoms with E-state index in [2.05, 4.69) is 87.9 Å². The zero-order valence-electron chi connectivity index (χ0n) is 19.4. The third kappa shape index (κ3) is 4.99. The number of allylic oxidation sites excluding steroid dienone is 2. The van der Waals surface area contributed by atoms with Gasteiger partial charge < -0.3 is 5.32 Å². The lowest BCUT2D eigenvalue weighted by molar-refractivity contribution is 0.191. The van der Waals surface area contributed by atoms with Crippen molar-refractivity contribution in [3.8, 4) is 11.1 Å². The summed E-state index contributed by atoms with van der Waals surface area (Å²) in [6.45, 7) is 5.41. The van der Waals surface area contributed by atoms with E-state index in [0.29, 0.717) is 5.92 Å². The molecule has 2 aromatic heterocycles. The highest BCUT2D eigenvalue weighted by atomic mass is 15.2. The van der Waals surface area contributed by atoms with Crippen molar-refractivity contribution < 1.29 is 0 Å². The van der Waals surface area contributed by atoms with E-state index in [-0.39, 0.29) is 0 Å². The molecule has 5 nitrogen and oxygen atoms in total. The van der Waals surface area contributed by atoms with Crippen molar-refractivity contribution in [1.82, 2.24) is 19.7 Å². The standard InChI is InChI=1S/C28H31N5/c1-3-27(22-11-13-33(14-12-22)19-21-7-5-4-6-8-21)31-28-16-25-15-23(9-10-24(25)17-29-28)26-18-30-32(2)20-26/h3-10,15-18,20,22H,11-14,19H2,1-2H3,(H,29,31)/b27-3+. The first-order valence-electron chi connectivity index (χ1n) is 11.8. The van der Waals surface area contributed by atoms with Gasteiger partial charge in [0.1, 0.15) is 5.82 Å². The van der Waals surface area contributed by atoms with Crippen molar-refractivity contribution in [2.75, 3.05) is 18.4 Å². The molecular weight excluding hydrogens is 406 g/mol. The lowest BCUT2D eigenvalue weighted by Crippen LogP contribution is -2.34. The first-order valence-corrected chi connectivity index (χ1v) is 11.8. The SMILES string of the molecule is C/C=C(/Nc1cc2cc(-c3cnn(C)c3)ccc2cn1)C1CCN(Cc2ccccc2)CC1. The summed E-state index contributed by atoms with van der Waals surface area (Å²) in [6.07, 6.45) is 10.5. The Bertz CT molecular complexity index is 1250. The van der Waals surface area contributed by atoms with Crippen molar-refractivity contribution in [3.63, 3.8) is 0 Å². The van der Waals surface area contributed by atoms with Gasteiger partial charge in [0.25, 0.3) is 0 Å². The highest BCUT2D eigenvalue weighted by Crippen LogP contribution is 2.29. The molecule has 5 rings (SSSR count). The average molecular weight is 438 g/mol. The van der Waals surface area contributed by atoms with Crippen LogP contribution in [0.5, 0.6) is 0 Å². The largest absolute Gasteiger partial charge is 0.344 e. The van der Waals surface area contributed by atoms with E-state index >= 15 is 0 Å². The third-order valence-corrected chi connectivity index (χ3v) is 6.62. The number of fused-ring (bicyclic) bond motifs is 1. The maximum absolute atomic E-state index is 4.69. The molecular formula is C28H31N5. The Morgan fingerprint density at radius 3 is 2.55 bits per heavy atom. The molecule has 0 atom stereocenters. The zero-order chi connectivity index (χ0) is 22.6. The van der Waals surface area contributed by atoms with Crippen molar-refractivity contribution in [2.45, 2.75) is 26.3 Å². The number of hydrogen-bond acceptors (Lipinski definition) is 4. The molecule has 1 saturated heterocycles. The fraction of sp³-hybridized carbons (Fsp3) is 0.286. The number of rotatable bonds is 6. The van der Waals surface area contributed by atoms with Crippen molar-refractivity contribution in [2.24, 2.45) is 13.0 Å². The molecule has 0 spiro atoms. The number of pyridine rings is 1. The minimum absolute atomic E-state index is 0.543. The molecule has 168 valence electrons. The quantitative estimate of drug-likeness (QED) is 0.410. The maximum Gasteiger partial charge on any atom is 0.130 e. The van der Waals surface area contributed by atoms with E-state index in [4.69, 9.17) is 0 Å². The number of nitrogens with zero attached hydrogens (tertiary/aromatic N) is 4. The third-order valence-electron chi connectivity index (χ3n) is 6.62. The van der Waals surface area contributed by atoms with Crippen LogP contribution in [0.1, 0.15) is 25.3 Å². The molecule has 5 heteroatoms. The molecule has 1 fully saturated rings. The lowest BCUT2D eigenvalue weighted by Gasteiger charge is -2.33. The molecule has 0 saturated carbocycles. The fourth-order valence-electron chi connectivity index (χ4n) is 4.76. The summed E-state index contributed by atoms with van der Waals surface area (Å²) in [5, 5.41) is 10.3. The normalized spacial score (nSPS) is 15.8. The summed E-state index contributed by atoms with van der Waals surface area (Å²) in [6, 6.07) is 19.4. The van der Waals surface area contributed by atoms with Crippen molar-refractivity contribution >= 4 is 16.6 Å². The predicted octanol–water partition coefficient (Wildman–Crippen LogP) is 5.86. The summed E-state index contributed by atoms with van der Waals surface area (Å²) < 4.78 is 1.84. The van der Waals surface area contributed by atoms with Gasteiger partial charge in [0, 0.05) is 48.6 Å². The second-order valence-corrected chi connectivity index (χ2v) is 8.94. The number of piperidine rings is 1. The lowest BCUT2D eigenvalue weighted by atomic mass is 9.92. The van der Waals surface area contributed by atoms with Crippen LogP contribution in [-0.2, 0) is 13.6 Å². The fourth-order valence-corrected chi connectivity index (χ4v) is 4.76. The molecule has 1 aliphatic heterocycles. The highest BCUT2D eigenvalue weighted by Gasteiger charge is 2.22. The topological polar surface area (TPSA) is 46.0 Å². The van der Waals surface area contributed by atoms with Gasteiger partial charge in [0.2, 0.25) is 0 Å². The second-order valence-electron chi connectivity index (χ2n) is 8.94. The van der Waals surface area contributed by atoms with Crippen LogP contribution in [0.15, 0.2) is 85.0 Å². The Kier molecular flexibility index (Phi) is 6.22. The van der Waals surface area contributed by atoms with E-state index < -0.39 is 0 Å². The van der Waals surface area contributed by atoms with Crippen LogP contribution >= 0.6 is 0 Å². The van der Waals surface area contributed by atoms with Crippen LogP contribution in [-0.4, -0.2) is 32.8 Å². The highest BCUT2D eigenvalue weighted by molar-refractivity contribution is 5.88. The van der Waals surface area contributed by atoms with E-state index in [1.807, 2.05) is 30.3 Å². The molecule has 3 heterocycles. The first kappa shape index (κ1) is 21.4. The van der Waals surface area contributed by atoms with Crippen LogP contribution in [0.25, 0.3) is 21.9 Å². The predicted molar refractivity (Wildman–Crippen MR) is 136 cm³/mol. The van der Waals surface area contributed by atoms with Crippen LogP contribution in [0, 0.1) is 5.92 Å². The molecule has 1 aliphatic rings. The van der Waals surface area contributed by atoms with Gasteiger partial charge in [-0.25, -0.2) is 4.98 Å². The molecule has 0 amide bonds. The monoisotopic (exact) mass is 437 g/mol. The van der Waals surface area contributed by atoms with Crippen LogP contribution in [0.4, 0.5) is 5.82 Å². The van der Waals surface area contributed by atoms with E-state index in [1.165, 1.54) is 22.2 Å². The van der Waals surface area contributed by atoms with Gasteiger partial charge in [-0.1, -0.05) is 48.5 Å². The molecule has 33 heavy (non-hydrogen) atoms. The number of aromatic nitrogens is 3. The van der Waals surface area contributed by atoms with E-state index in [9.17, 15) is 0 Å². The molecule has 4 aromatic rings. The van der Waals surface area contributed by atoms with Gasteiger partial charge in [-0.05, 0) is 61.5 Å². The molecule has 0 bridgehead atoms. The maximum atomic E-state index is 4.69. The molecule has 0 radical (unpaired) electrons. The van der Waals surface area contributed by atoms with Gasteiger partial charge in [-0.15, -0.1) is 0 Å². The number of likely N-dealkylation sites (tertiary alicyclic amines) is 1. The summed E-state index contributed by atoms with van der Waals surface area (Å²) >= 11 is 0. The van der Waals surface area contributed by atoms with Gasteiger partial charge in [-0.2, -0.15) is 5.10 Å². The number of nitrogens with one attached hydrogen (secondary N) is 1. The smallest absolute Gasteiger partial charge is 0.130 e. The Labute approximate surface area is 195 Å². The Balaban J connectivity index is 1.26. The second kappa shape index (κ2) is 9.59. The van der Waals surface area contributed by atoms with Crippen molar-refractivity contribution in [3.05, 3.63) is 90.5 Å².